The highest BCUT2D eigenvalue weighted by Gasteiger charge is 2.50. The van der Waals surface area contributed by atoms with Crippen LogP contribution in [0.15, 0.2) is 87.5 Å². The van der Waals surface area contributed by atoms with E-state index in [1.165, 1.54) is 44.8 Å². The molecule has 0 bridgehead atoms. The van der Waals surface area contributed by atoms with Crippen LogP contribution in [0.3, 0.4) is 0 Å². The fraction of sp³-hybridized carbons (Fsp3) is 0.531. The van der Waals surface area contributed by atoms with Gasteiger partial charge in [-0.05, 0) is 136 Å². The number of amides is 1. The van der Waals surface area contributed by atoms with Gasteiger partial charge in [-0.15, -0.1) is 0 Å². The molecule has 67 heavy (non-hydrogen) atoms. The number of piperidine rings is 1. The third-order valence-corrected chi connectivity index (χ3v) is 16.8. The minimum absolute atomic E-state index is 0.0231. The summed E-state index contributed by atoms with van der Waals surface area (Å²) in [6.45, 7) is 7.89. The van der Waals surface area contributed by atoms with Crippen LogP contribution in [-0.2, 0) is 19.8 Å². The molecule has 2 saturated heterocycles. The monoisotopic (exact) mass is 953 g/mol. The maximum absolute atomic E-state index is 14.0. The van der Waals surface area contributed by atoms with Crippen molar-refractivity contribution in [1.29, 1.82) is 0 Å². The van der Waals surface area contributed by atoms with Gasteiger partial charge in [0.05, 0.1) is 28.9 Å². The third-order valence-electron chi connectivity index (χ3n) is 14.7. The Balaban J connectivity index is 0.881. The predicted molar refractivity (Wildman–Crippen MR) is 262 cm³/mol. The lowest BCUT2D eigenvalue weighted by Gasteiger charge is -2.56. The number of carbonyl (C=O) groups excluding carboxylic acids is 1. The lowest BCUT2D eigenvalue weighted by molar-refractivity contribution is -0.384. The number of aromatic amines is 1. The third kappa shape index (κ3) is 10.4. The van der Waals surface area contributed by atoms with Gasteiger partial charge < -0.3 is 19.9 Å². The van der Waals surface area contributed by atoms with E-state index in [1.54, 1.807) is 48.1 Å². The van der Waals surface area contributed by atoms with Crippen LogP contribution in [0.4, 0.5) is 17.2 Å². The van der Waals surface area contributed by atoms with Crippen molar-refractivity contribution in [3.05, 3.63) is 94.0 Å². The summed E-state index contributed by atoms with van der Waals surface area (Å²) in [6, 6.07) is 10.9. The van der Waals surface area contributed by atoms with Gasteiger partial charge in [0.2, 0.25) is 5.82 Å². The Hall–Kier alpha value is -5.33. The van der Waals surface area contributed by atoms with Gasteiger partial charge in [-0.25, -0.2) is 27.5 Å². The van der Waals surface area contributed by atoms with Crippen LogP contribution in [0.25, 0.3) is 11.0 Å². The van der Waals surface area contributed by atoms with Crippen LogP contribution in [0.2, 0.25) is 0 Å². The second-order valence-corrected chi connectivity index (χ2v) is 24.2. The quantitative estimate of drug-likeness (QED) is 0.0800. The molecule has 0 radical (unpaired) electrons. The first-order valence-electron chi connectivity index (χ1n) is 23.8. The average molecular weight is 954 g/mol. The number of nitrogens with one attached hydrogen (secondary N) is 3. The molecule has 1 spiro atoms. The Morgan fingerprint density at radius 3 is 2.52 bits per heavy atom. The number of aromatic nitrogens is 3. The van der Waals surface area contributed by atoms with E-state index in [0.29, 0.717) is 41.4 Å². The van der Waals surface area contributed by atoms with Crippen molar-refractivity contribution >= 4 is 53.9 Å². The topological polar surface area (TPSA) is 205 Å². The molecule has 2 saturated carbocycles. The number of carbonyl (C=O) groups is 1. The summed E-state index contributed by atoms with van der Waals surface area (Å²) < 4.78 is 52.6. The van der Waals surface area contributed by atoms with Crippen molar-refractivity contribution in [2.24, 2.45) is 21.6 Å². The van der Waals surface area contributed by atoms with E-state index in [4.69, 9.17) is 4.74 Å². The van der Waals surface area contributed by atoms with E-state index < -0.39 is 41.2 Å². The Morgan fingerprint density at radius 2 is 1.79 bits per heavy atom. The van der Waals surface area contributed by atoms with Crippen molar-refractivity contribution < 1.29 is 27.1 Å². The highest BCUT2D eigenvalue weighted by atomic mass is 32.2. The molecule has 1 atom stereocenters. The Morgan fingerprint density at radius 1 is 1.01 bits per heavy atom. The first-order valence-corrected chi connectivity index (χ1v) is 27.6. The summed E-state index contributed by atoms with van der Waals surface area (Å²) >= 11 is 0. The Bertz CT molecular complexity index is 2820. The summed E-state index contributed by atoms with van der Waals surface area (Å²) in [5, 5.41) is 16.0. The molecule has 2 aliphatic heterocycles. The van der Waals surface area contributed by atoms with Gasteiger partial charge in [0.25, 0.3) is 15.9 Å². The number of pyridine rings is 2. The molecule has 4 aromatic rings. The molecule has 5 heterocycles. The van der Waals surface area contributed by atoms with E-state index in [2.05, 4.69) is 65.2 Å². The zero-order valence-electron chi connectivity index (χ0n) is 38.9. The number of nitrogens with zero attached hydrogens (tertiary/aromatic N) is 6. The number of likely N-dealkylation sites (tertiary alicyclic amines) is 1. The number of allylic oxidation sites excluding steroid dienone is 3. The second-order valence-electron chi connectivity index (χ2n) is 20.0. The largest absolute Gasteiger partial charge is 0.455 e. The van der Waals surface area contributed by atoms with E-state index in [1.807, 2.05) is 12.1 Å². The number of ether oxygens (including phenoxy) is 1. The van der Waals surface area contributed by atoms with Crippen LogP contribution < -0.4 is 19.7 Å². The molecular formula is C49H63N9O7S2. The van der Waals surface area contributed by atoms with Crippen molar-refractivity contribution in [2.45, 2.75) is 114 Å². The molecule has 9 rings (SSSR count). The van der Waals surface area contributed by atoms with Gasteiger partial charge in [-0.2, -0.15) is 0 Å². The number of hydrogen-bond donors (Lipinski definition) is 3. The van der Waals surface area contributed by atoms with Gasteiger partial charge in [0.15, 0.2) is 0 Å². The highest BCUT2D eigenvalue weighted by Crippen LogP contribution is 2.53. The van der Waals surface area contributed by atoms with Crippen LogP contribution >= 0.6 is 0 Å². The number of rotatable bonds is 14. The first-order chi connectivity index (χ1) is 32.0. The van der Waals surface area contributed by atoms with Gasteiger partial charge in [0, 0.05) is 83.4 Å². The smallest absolute Gasteiger partial charge is 0.312 e. The minimum Gasteiger partial charge on any atom is -0.455 e. The fourth-order valence-electron chi connectivity index (χ4n) is 11.3. The maximum Gasteiger partial charge on any atom is 0.312 e. The number of sulfonamides is 1. The zero-order valence-corrected chi connectivity index (χ0v) is 40.5. The van der Waals surface area contributed by atoms with Crippen molar-refractivity contribution in [2.75, 3.05) is 48.9 Å². The zero-order chi connectivity index (χ0) is 47.1. The molecule has 18 heteroatoms. The van der Waals surface area contributed by atoms with E-state index in [9.17, 15) is 27.5 Å². The minimum atomic E-state index is -4.64. The van der Waals surface area contributed by atoms with Gasteiger partial charge >= 0.3 is 5.69 Å². The summed E-state index contributed by atoms with van der Waals surface area (Å²) in [4.78, 5) is 41.8. The number of fused-ring (bicyclic) bond motifs is 1. The van der Waals surface area contributed by atoms with E-state index >= 15 is 0 Å². The first kappa shape index (κ1) is 46.8. The number of nitro groups is 1. The molecular weight excluding hydrogens is 891 g/mol. The summed E-state index contributed by atoms with van der Waals surface area (Å²) in [5.41, 5.74) is 4.48. The van der Waals surface area contributed by atoms with Gasteiger partial charge in [0.1, 0.15) is 22.0 Å². The van der Waals surface area contributed by atoms with Crippen molar-refractivity contribution in [3.63, 3.8) is 0 Å². The standard InChI is InChI=1S/C49H63N9O7S2/c1-32(2)40-8-5-6-9-41(40)43-10-7-21-57(43)37-27-49(28-37)18-22-56(23-19-49)36-15-16-42(45(25-36)65-38-24-34-17-20-50-46(34)52-30-38)48(59)55-67(63,64)39-26-44(58(60)61)47(53-31-39)51-29-33-11-13-35(14-12-33)54-66(3,4)62/h5,8,15-17,20,24-26,30-33,35,37,43H,6-7,9-14,18-19,21-23,27-29H2,1-4H3,(H,50,52)(H,51,53)(H,55,59)/t33?,35?,43-/m1/s1. The SMILES string of the molecule is CC(C)C1=C([C@H]2CCCN2C2CC3(CCN(c4ccc(C(=O)NS(=O)(=O)c5cnc(NCC6CCC(N=S(C)(C)=O)CC6)c([N+](=O)[O-])c5)c(Oc5cnc6[nH]ccc6c5)c4)CC3)C2)CCC=C1. The molecule has 3 aliphatic carbocycles. The molecule has 358 valence electrons. The van der Waals surface area contributed by atoms with E-state index in [0.717, 1.165) is 81.4 Å². The summed E-state index contributed by atoms with van der Waals surface area (Å²) in [6.07, 6.45) is 24.8. The molecule has 0 unspecified atom stereocenters. The highest BCUT2D eigenvalue weighted by molar-refractivity contribution is 7.92. The maximum atomic E-state index is 14.0. The normalized spacial score (nSPS) is 22.6. The van der Waals surface area contributed by atoms with Crippen LogP contribution in [0.1, 0.15) is 101 Å². The number of hydrogen-bond acceptors (Lipinski definition) is 13. The lowest BCUT2D eigenvalue weighted by Crippen LogP contribution is -2.56. The molecule has 3 N–H and O–H groups in total. The van der Waals surface area contributed by atoms with Gasteiger partial charge in [-0.3, -0.25) is 24.0 Å². The van der Waals surface area contributed by atoms with Gasteiger partial charge in [-0.1, -0.05) is 26.0 Å². The number of anilines is 2. The van der Waals surface area contributed by atoms with Crippen LogP contribution in [-0.4, -0.2) is 100 Å². The molecule has 1 amide bonds. The van der Waals surface area contributed by atoms with E-state index in [-0.39, 0.29) is 29.1 Å². The molecule has 3 aromatic heterocycles. The molecule has 1 aromatic carbocycles. The fourth-order valence-corrected chi connectivity index (χ4v) is 13.1. The summed E-state index contributed by atoms with van der Waals surface area (Å²) in [7, 11) is -6.84. The Labute approximate surface area is 393 Å². The second kappa shape index (κ2) is 19.0. The summed E-state index contributed by atoms with van der Waals surface area (Å²) in [5.74, 6) is 0.183. The lowest BCUT2D eigenvalue weighted by atomic mass is 9.59. The van der Waals surface area contributed by atoms with Crippen LogP contribution in [0.5, 0.6) is 11.5 Å². The number of benzene rings is 1. The van der Waals surface area contributed by atoms with Crippen molar-refractivity contribution in [3.8, 4) is 11.5 Å². The molecule has 16 nitrogen and oxygen atoms in total. The predicted octanol–water partition coefficient (Wildman–Crippen LogP) is 8.99. The van der Waals surface area contributed by atoms with Crippen LogP contribution in [0, 0.1) is 27.4 Å². The average Bonchev–Trinajstić information content (AvgIpc) is 3.97. The Kier molecular flexibility index (Phi) is 13.3. The number of H-pyrrole nitrogens is 1. The molecule has 4 fully saturated rings. The van der Waals surface area contributed by atoms with Crippen molar-refractivity contribution in [1.82, 2.24) is 24.6 Å². The molecule has 5 aliphatic rings.